The second-order valence-corrected chi connectivity index (χ2v) is 8.14. The lowest BCUT2D eigenvalue weighted by Gasteiger charge is -2.07. The van der Waals surface area contributed by atoms with Crippen LogP contribution in [0.4, 0.5) is 5.69 Å². The summed E-state index contributed by atoms with van der Waals surface area (Å²) in [6, 6.07) is 14.3. The SMILES string of the molecule is CC(=O)c1cccc(NC(=O)CSc2ncccc2-c2nc(-c3cccs3)no2)c1. The van der Waals surface area contributed by atoms with Crippen LogP contribution in [0.15, 0.2) is 69.7 Å². The van der Waals surface area contributed by atoms with Gasteiger partial charge in [-0.3, -0.25) is 9.59 Å². The van der Waals surface area contributed by atoms with Gasteiger partial charge in [-0.1, -0.05) is 35.1 Å². The molecule has 0 spiro atoms. The van der Waals surface area contributed by atoms with Crippen molar-refractivity contribution in [2.75, 3.05) is 11.1 Å². The second-order valence-electron chi connectivity index (χ2n) is 6.23. The lowest BCUT2D eigenvalue weighted by atomic mass is 10.1. The first-order chi connectivity index (χ1) is 14.6. The molecule has 4 aromatic rings. The van der Waals surface area contributed by atoms with Crippen LogP contribution < -0.4 is 5.32 Å². The molecule has 0 radical (unpaired) electrons. The summed E-state index contributed by atoms with van der Waals surface area (Å²) in [6.45, 7) is 1.49. The van der Waals surface area contributed by atoms with Crippen molar-refractivity contribution in [1.82, 2.24) is 15.1 Å². The lowest BCUT2D eigenvalue weighted by molar-refractivity contribution is -0.113. The van der Waals surface area contributed by atoms with E-state index in [9.17, 15) is 9.59 Å². The quantitative estimate of drug-likeness (QED) is 0.328. The van der Waals surface area contributed by atoms with Gasteiger partial charge in [0.05, 0.1) is 16.2 Å². The molecule has 0 saturated carbocycles. The number of carbonyl (C=O) groups excluding carboxylic acids is 2. The number of benzene rings is 1. The van der Waals surface area contributed by atoms with Crippen LogP contribution in [0, 0.1) is 0 Å². The topological polar surface area (TPSA) is 98.0 Å². The number of aromatic nitrogens is 3. The number of nitrogens with one attached hydrogen (secondary N) is 1. The van der Waals surface area contributed by atoms with Crippen LogP contribution in [0.5, 0.6) is 0 Å². The average molecular weight is 437 g/mol. The van der Waals surface area contributed by atoms with E-state index in [1.165, 1.54) is 30.0 Å². The maximum Gasteiger partial charge on any atom is 0.261 e. The van der Waals surface area contributed by atoms with Crippen molar-refractivity contribution in [3.8, 4) is 22.2 Å². The summed E-state index contributed by atoms with van der Waals surface area (Å²) in [5, 5.41) is 9.39. The Bertz CT molecular complexity index is 1190. The van der Waals surface area contributed by atoms with E-state index < -0.39 is 0 Å². The van der Waals surface area contributed by atoms with E-state index in [0.29, 0.717) is 33.6 Å². The molecular weight excluding hydrogens is 420 g/mol. The van der Waals surface area contributed by atoms with Crippen LogP contribution in [0.25, 0.3) is 22.2 Å². The fourth-order valence-corrected chi connectivity index (χ4v) is 4.09. The molecule has 150 valence electrons. The summed E-state index contributed by atoms with van der Waals surface area (Å²) in [7, 11) is 0. The summed E-state index contributed by atoms with van der Waals surface area (Å²) >= 11 is 2.80. The Labute approximate surface area is 180 Å². The van der Waals surface area contributed by atoms with Gasteiger partial charge in [0, 0.05) is 17.4 Å². The third-order valence-corrected chi connectivity index (χ3v) is 5.93. The highest BCUT2D eigenvalue weighted by atomic mass is 32.2. The summed E-state index contributed by atoms with van der Waals surface area (Å²) in [6.07, 6.45) is 1.65. The van der Waals surface area contributed by atoms with E-state index in [4.69, 9.17) is 4.52 Å². The molecular formula is C21H16N4O3S2. The zero-order chi connectivity index (χ0) is 20.9. The molecule has 0 bridgehead atoms. The van der Waals surface area contributed by atoms with E-state index in [0.717, 1.165) is 4.88 Å². The molecule has 30 heavy (non-hydrogen) atoms. The molecule has 0 aliphatic carbocycles. The Kier molecular flexibility index (Phi) is 6.01. The zero-order valence-electron chi connectivity index (χ0n) is 15.9. The molecule has 9 heteroatoms. The molecule has 0 saturated heterocycles. The van der Waals surface area contributed by atoms with Gasteiger partial charge in [0.2, 0.25) is 11.7 Å². The molecule has 1 amide bonds. The van der Waals surface area contributed by atoms with E-state index in [1.807, 2.05) is 23.6 Å². The minimum Gasteiger partial charge on any atom is -0.333 e. The predicted molar refractivity (Wildman–Crippen MR) is 117 cm³/mol. The maximum absolute atomic E-state index is 12.4. The number of pyridine rings is 1. The Morgan fingerprint density at radius 1 is 1.17 bits per heavy atom. The number of thioether (sulfide) groups is 1. The molecule has 0 aliphatic heterocycles. The van der Waals surface area contributed by atoms with Crippen molar-refractivity contribution in [3.63, 3.8) is 0 Å². The molecule has 7 nitrogen and oxygen atoms in total. The molecule has 3 heterocycles. The summed E-state index contributed by atoms with van der Waals surface area (Å²) in [4.78, 5) is 33.6. The number of rotatable bonds is 7. The van der Waals surface area contributed by atoms with Gasteiger partial charge in [-0.15, -0.1) is 11.3 Å². The van der Waals surface area contributed by atoms with Crippen LogP contribution in [0.1, 0.15) is 17.3 Å². The summed E-state index contributed by atoms with van der Waals surface area (Å²) in [5.41, 5.74) is 1.79. The van der Waals surface area contributed by atoms with Crippen LogP contribution in [0.2, 0.25) is 0 Å². The number of thiophene rings is 1. The van der Waals surface area contributed by atoms with Crippen molar-refractivity contribution in [2.24, 2.45) is 0 Å². The number of anilines is 1. The number of ketones is 1. The normalized spacial score (nSPS) is 10.7. The van der Waals surface area contributed by atoms with Crippen LogP contribution in [-0.2, 0) is 4.79 Å². The van der Waals surface area contributed by atoms with E-state index in [2.05, 4.69) is 20.4 Å². The van der Waals surface area contributed by atoms with Gasteiger partial charge in [0.1, 0.15) is 5.03 Å². The number of nitrogens with zero attached hydrogens (tertiary/aromatic N) is 3. The van der Waals surface area contributed by atoms with Crippen molar-refractivity contribution in [3.05, 3.63) is 65.7 Å². The third kappa shape index (κ3) is 4.64. The number of hydrogen-bond donors (Lipinski definition) is 1. The fourth-order valence-electron chi connectivity index (χ4n) is 2.65. The van der Waals surface area contributed by atoms with E-state index in [1.54, 1.807) is 36.5 Å². The molecule has 1 aromatic carbocycles. The van der Waals surface area contributed by atoms with Crippen molar-refractivity contribution < 1.29 is 14.1 Å². The van der Waals surface area contributed by atoms with Crippen molar-refractivity contribution in [1.29, 1.82) is 0 Å². The first-order valence-electron chi connectivity index (χ1n) is 8.97. The zero-order valence-corrected chi connectivity index (χ0v) is 17.5. The molecule has 4 rings (SSSR count). The highest BCUT2D eigenvalue weighted by molar-refractivity contribution is 8.00. The van der Waals surface area contributed by atoms with Gasteiger partial charge >= 0.3 is 0 Å². The molecule has 0 aliphatic rings. The standard InChI is InChI=1S/C21H16N4O3S2/c1-13(26)14-5-2-6-15(11-14)23-18(27)12-30-21-16(7-3-9-22-21)20-24-19(25-28-20)17-8-4-10-29-17/h2-11H,12H2,1H3,(H,23,27). The Morgan fingerprint density at radius 3 is 2.87 bits per heavy atom. The predicted octanol–water partition coefficient (Wildman–Crippen LogP) is 4.79. The van der Waals surface area contributed by atoms with Gasteiger partial charge in [-0.05, 0) is 42.6 Å². The van der Waals surface area contributed by atoms with Crippen molar-refractivity contribution >= 4 is 40.5 Å². The molecule has 3 aromatic heterocycles. The highest BCUT2D eigenvalue weighted by Crippen LogP contribution is 2.31. The smallest absolute Gasteiger partial charge is 0.261 e. The largest absolute Gasteiger partial charge is 0.333 e. The maximum atomic E-state index is 12.4. The van der Waals surface area contributed by atoms with Crippen LogP contribution in [0.3, 0.4) is 0 Å². The molecule has 0 fully saturated rings. The number of Topliss-reactive ketones (excluding diaryl/α,β-unsaturated/α-hetero) is 1. The summed E-state index contributed by atoms with van der Waals surface area (Å²) < 4.78 is 5.41. The fraction of sp³-hybridized carbons (Fsp3) is 0.0952. The van der Waals surface area contributed by atoms with E-state index >= 15 is 0 Å². The molecule has 0 unspecified atom stereocenters. The van der Waals surface area contributed by atoms with Crippen LogP contribution >= 0.6 is 23.1 Å². The monoisotopic (exact) mass is 436 g/mol. The first-order valence-corrected chi connectivity index (χ1v) is 10.8. The summed E-state index contributed by atoms with van der Waals surface area (Å²) in [5.74, 6) is 0.744. The lowest BCUT2D eigenvalue weighted by Crippen LogP contribution is -2.14. The second kappa shape index (κ2) is 9.02. The minimum atomic E-state index is -0.206. The average Bonchev–Trinajstić information content (AvgIpc) is 3.44. The highest BCUT2D eigenvalue weighted by Gasteiger charge is 2.16. The van der Waals surface area contributed by atoms with Gasteiger partial charge in [0.15, 0.2) is 5.78 Å². The number of amides is 1. The Hall–Kier alpha value is -3.30. The van der Waals surface area contributed by atoms with Gasteiger partial charge < -0.3 is 9.84 Å². The van der Waals surface area contributed by atoms with Crippen LogP contribution in [-0.4, -0.2) is 32.6 Å². The van der Waals surface area contributed by atoms with E-state index in [-0.39, 0.29) is 17.4 Å². The van der Waals surface area contributed by atoms with Gasteiger partial charge in [0.25, 0.3) is 5.89 Å². The van der Waals surface area contributed by atoms with Gasteiger partial charge in [-0.25, -0.2) is 4.98 Å². The molecule has 1 N–H and O–H groups in total. The minimum absolute atomic E-state index is 0.0555. The van der Waals surface area contributed by atoms with Crippen molar-refractivity contribution in [2.45, 2.75) is 11.9 Å². The Morgan fingerprint density at radius 2 is 2.07 bits per heavy atom. The molecule has 0 atom stereocenters. The third-order valence-electron chi connectivity index (χ3n) is 4.06. The number of carbonyl (C=O) groups is 2. The first kappa shape index (κ1) is 20.0. The van der Waals surface area contributed by atoms with Gasteiger partial charge in [-0.2, -0.15) is 4.98 Å². The Balaban J connectivity index is 1.45. The number of hydrogen-bond acceptors (Lipinski definition) is 8.